The molecule has 1 aromatic heterocycles. The van der Waals surface area contributed by atoms with Gasteiger partial charge in [-0.3, -0.25) is 9.69 Å². The number of carbonyl (C=O) groups is 1. The quantitative estimate of drug-likeness (QED) is 0.784. The molecule has 3 rings (SSSR count). The average Bonchev–Trinajstić information content (AvgIpc) is 2.62. The minimum absolute atomic E-state index is 0.0533. The lowest BCUT2D eigenvalue weighted by atomic mass is 10.1. The number of aromatic nitrogens is 1. The predicted molar refractivity (Wildman–Crippen MR) is 94.6 cm³/mol. The lowest BCUT2D eigenvalue weighted by Gasteiger charge is -2.40. The Balaban J connectivity index is 1.58. The van der Waals surface area contributed by atoms with Crippen LogP contribution in [0.25, 0.3) is 0 Å². The molecular formula is C17H25N3O4S. The number of ether oxygens (including phenoxy) is 1. The average molecular weight is 367 g/mol. The number of carbonyl (C=O) groups excluding carboxylic acids is 1. The second-order valence-corrected chi connectivity index (χ2v) is 8.80. The van der Waals surface area contributed by atoms with E-state index < -0.39 is 9.84 Å². The van der Waals surface area contributed by atoms with Gasteiger partial charge in [0.2, 0.25) is 5.88 Å². The Hall–Kier alpha value is -1.67. The summed E-state index contributed by atoms with van der Waals surface area (Å²) in [6, 6.07) is 3.81. The molecule has 0 N–H and O–H groups in total. The van der Waals surface area contributed by atoms with E-state index in [2.05, 4.69) is 9.88 Å². The van der Waals surface area contributed by atoms with E-state index in [1.54, 1.807) is 18.3 Å². The van der Waals surface area contributed by atoms with Crippen molar-refractivity contribution in [2.45, 2.75) is 25.8 Å². The van der Waals surface area contributed by atoms with Crippen LogP contribution in [0.3, 0.4) is 0 Å². The monoisotopic (exact) mass is 367 g/mol. The maximum atomic E-state index is 12.8. The van der Waals surface area contributed by atoms with Crippen LogP contribution in [0.15, 0.2) is 18.3 Å². The maximum Gasteiger partial charge on any atom is 0.259 e. The molecule has 0 aliphatic carbocycles. The van der Waals surface area contributed by atoms with Crippen LogP contribution in [0.1, 0.15) is 30.1 Å². The lowest BCUT2D eigenvalue weighted by molar-refractivity contribution is 0.0553. The normalized spacial score (nSPS) is 21.9. The first-order chi connectivity index (χ1) is 12.0. The highest BCUT2D eigenvalue weighted by Crippen LogP contribution is 2.22. The summed E-state index contributed by atoms with van der Waals surface area (Å²) in [5.41, 5.74) is 0.501. The van der Waals surface area contributed by atoms with Crippen molar-refractivity contribution < 1.29 is 17.9 Å². The van der Waals surface area contributed by atoms with E-state index in [9.17, 15) is 13.2 Å². The molecule has 2 aliphatic heterocycles. The van der Waals surface area contributed by atoms with Crippen LogP contribution in [0.4, 0.5) is 0 Å². The van der Waals surface area contributed by atoms with Gasteiger partial charge in [-0.15, -0.1) is 0 Å². The molecule has 3 heterocycles. The fourth-order valence-electron chi connectivity index (χ4n) is 3.51. The van der Waals surface area contributed by atoms with E-state index in [1.807, 2.05) is 11.8 Å². The van der Waals surface area contributed by atoms with Gasteiger partial charge in [0.15, 0.2) is 0 Å². The molecule has 8 heteroatoms. The van der Waals surface area contributed by atoms with E-state index >= 15 is 0 Å². The second-order valence-electron chi connectivity index (χ2n) is 6.50. The van der Waals surface area contributed by atoms with E-state index in [-0.39, 0.29) is 17.4 Å². The van der Waals surface area contributed by atoms with Crippen LogP contribution >= 0.6 is 0 Å². The summed E-state index contributed by atoms with van der Waals surface area (Å²) in [6.07, 6.45) is 3.03. The van der Waals surface area contributed by atoms with Crippen LogP contribution in [0.2, 0.25) is 0 Å². The molecule has 2 saturated heterocycles. The van der Waals surface area contributed by atoms with Gasteiger partial charge in [-0.2, -0.15) is 0 Å². The number of hydrogen-bond acceptors (Lipinski definition) is 6. The summed E-state index contributed by atoms with van der Waals surface area (Å²) >= 11 is 0. The van der Waals surface area contributed by atoms with Gasteiger partial charge in [0.05, 0.1) is 18.1 Å². The highest BCUT2D eigenvalue weighted by molar-refractivity contribution is 7.91. The van der Waals surface area contributed by atoms with Crippen molar-refractivity contribution in [2.24, 2.45) is 0 Å². The first-order valence-electron chi connectivity index (χ1n) is 8.82. The first-order valence-corrected chi connectivity index (χ1v) is 10.6. The number of amides is 1. The van der Waals surface area contributed by atoms with Gasteiger partial charge >= 0.3 is 0 Å². The van der Waals surface area contributed by atoms with Gasteiger partial charge < -0.3 is 9.64 Å². The number of sulfone groups is 1. The Morgan fingerprint density at radius 2 is 1.92 bits per heavy atom. The molecule has 2 fully saturated rings. The Labute approximate surface area is 148 Å². The van der Waals surface area contributed by atoms with E-state index in [0.717, 1.165) is 13.1 Å². The van der Waals surface area contributed by atoms with Crippen molar-refractivity contribution in [3.05, 3.63) is 23.9 Å². The summed E-state index contributed by atoms with van der Waals surface area (Å²) < 4.78 is 28.6. The zero-order valence-corrected chi connectivity index (χ0v) is 15.4. The summed E-state index contributed by atoms with van der Waals surface area (Å²) in [6.45, 7) is 5.17. The number of hydrogen-bond donors (Lipinski definition) is 0. The van der Waals surface area contributed by atoms with Crippen LogP contribution in [-0.2, 0) is 9.84 Å². The minimum atomic E-state index is -2.84. The zero-order valence-electron chi connectivity index (χ0n) is 14.6. The molecule has 0 aromatic carbocycles. The van der Waals surface area contributed by atoms with Gasteiger partial charge in [-0.1, -0.05) is 0 Å². The van der Waals surface area contributed by atoms with Crippen molar-refractivity contribution in [3.8, 4) is 5.88 Å². The summed E-state index contributed by atoms with van der Waals surface area (Å²) in [5.74, 6) is 0.895. The Morgan fingerprint density at radius 1 is 1.24 bits per heavy atom. The highest BCUT2D eigenvalue weighted by atomic mass is 32.2. The molecule has 138 valence electrons. The summed E-state index contributed by atoms with van der Waals surface area (Å²) in [7, 11) is -2.84. The molecule has 1 amide bonds. The van der Waals surface area contributed by atoms with Gasteiger partial charge in [0.1, 0.15) is 15.4 Å². The highest BCUT2D eigenvalue weighted by Gasteiger charge is 2.31. The lowest BCUT2D eigenvalue weighted by Crippen LogP contribution is -2.53. The number of pyridine rings is 1. The molecular weight excluding hydrogens is 342 g/mol. The Morgan fingerprint density at radius 3 is 2.56 bits per heavy atom. The van der Waals surface area contributed by atoms with Gasteiger partial charge in [-0.25, -0.2) is 13.4 Å². The van der Waals surface area contributed by atoms with Crippen molar-refractivity contribution in [3.63, 3.8) is 0 Å². The predicted octanol–water partition coefficient (Wildman–Crippen LogP) is 0.815. The van der Waals surface area contributed by atoms with Crippen molar-refractivity contribution in [1.29, 1.82) is 0 Å². The number of piperazine rings is 1. The molecule has 1 aromatic rings. The fourth-order valence-corrected chi connectivity index (χ4v) is 4.98. The van der Waals surface area contributed by atoms with E-state index in [4.69, 9.17) is 4.74 Å². The van der Waals surface area contributed by atoms with Crippen molar-refractivity contribution >= 4 is 15.7 Å². The van der Waals surface area contributed by atoms with Crippen LogP contribution < -0.4 is 4.74 Å². The summed E-state index contributed by atoms with van der Waals surface area (Å²) in [5, 5.41) is 0. The van der Waals surface area contributed by atoms with E-state index in [1.165, 1.54) is 0 Å². The van der Waals surface area contributed by atoms with Gasteiger partial charge in [-0.05, 0) is 31.9 Å². The van der Waals surface area contributed by atoms with Crippen molar-refractivity contribution in [1.82, 2.24) is 14.8 Å². The number of rotatable bonds is 4. The SMILES string of the molecule is CCOc1ncccc1C(=O)N1CCN(C2CCS(=O)(=O)CC2)CC1. The molecule has 0 saturated carbocycles. The smallest absolute Gasteiger partial charge is 0.259 e. The number of nitrogens with zero attached hydrogens (tertiary/aromatic N) is 3. The summed E-state index contributed by atoms with van der Waals surface area (Å²) in [4.78, 5) is 21.1. The molecule has 25 heavy (non-hydrogen) atoms. The Kier molecular flexibility index (Phi) is 5.58. The maximum absolute atomic E-state index is 12.8. The first kappa shape index (κ1) is 18.1. The Bertz CT molecular complexity index is 700. The zero-order chi connectivity index (χ0) is 17.9. The largest absolute Gasteiger partial charge is 0.477 e. The molecule has 0 radical (unpaired) electrons. The van der Waals surface area contributed by atoms with E-state index in [0.29, 0.717) is 50.0 Å². The van der Waals surface area contributed by atoms with Crippen molar-refractivity contribution in [2.75, 3.05) is 44.3 Å². The molecule has 0 atom stereocenters. The van der Waals surface area contributed by atoms with Crippen LogP contribution in [0.5, 0.6) is 5.88 Å². The topological polar surface area (TPSA) is 79.8 Å². The molecule has 0 unspecified atom stereocenters. The van der Waals surface area contributed by atoms with Gasteiger partial charge in [0, 0.05) is 38.4 Å². The third-order valence-electron chi connectivity index (χ3n) is 4.92. The fraction of sp³-hybridized carbons (Fsp3) is 0.647. The van der Waals surface area contributed by atoms with Crippen LogP contribution in [0, 0.1) is 0 Å². The molecule has 0 spiro atoms. The standard InChI is InChI=1S/C17H25N3O4S/c1-2-24-16-15(4-3-7-18-16)17(21)20-10-8-19(9-11-20)14-5-12-25(22,23)13-6-14/h3-4,7,14H,2,5-6,8-13H2,1H3. The van der Waals surface area contributed by atoms with Gasteiger partial charge in [0.25, 0.3) is 5.91 Å². The third-order valence-corrected chi connectivity index (χ3v) is 6.64. The third kappa shape index (κ3) is 4.30. The van der Waals surface area contributed by atoms with Crippen LogP contribution in [-0.4, -0.2) is 79.4 Å². The molecule has 2 aliphatic rings. The minimum Gasteiger partial charge on any atom is -0.477 e. The molecule has 0 bridgehead atoms. The second kappa shape index (κ2) is 7.70. The molecule has 7 nitrogen and oxygen atoms in total.